The third-order valence-electron chi connectivity index (χ3n) is 5.07. The number of aliphatic imine (C=N–C) groups is 1. The fraction of sp³-hybridized carbons (Fsp3) is 0.882. The van der Waals surface area contributed by atoms with Crippen molar-refractivity contribution in [1.29, 1.82) is 0 Å². The molecule has 2 aliphatic rings. The molecule has 0 aromatic rings. The van der Waals surface area contributed by atoms with Crippen LogP contribution in [0.5, 0.6) is 0 Å². The molecule has 1 amide bonds. The number of guanidine groups is 1. The number of amides is 1. The van der Waals surface area contributed by atoms with E-state index >= 15 is 0 Å². The van der Waals surface area contributed by atoms with Gasteiger partial charge in [-0.3, -0.25) is 9.69 Å². The zero-order chi connectivity index (χ0) is 20.0. The predicted octanol–water partition coefficient (Wildman–Crippen LogP) is 0.625. The number of alkyl halides is 3. The van der Waals surface area contributed by atoms with Crippen LogP contribution in [0.15, 0.2) is 4.99 Å². The smallest absolute Gasteiger partial charge is 0.381 e. The molecule has 2 fully saturated rings. The highest BCUT2D eigenvalue weighted by Crippen LogP contribution is 2.25. The second-order valence-electron chi connectivity index (χ2n) is 7.28. The maximum absolute atomic E-state index is 12.9. The monoisotopic (exact) mass is 393 g/mol. The Morgan fingerprint density at radius 2 is 1.96 bits per heavy atom. The van der Waals surface area contributed by atoms with E-state index in [1.165, 1.54) is 16.7 Å². The third kappa shape index (κ3) is 6.53. The highest BCUT2D eigenvalue weighted by atomic mass is 19.4. The van der Waals surface area contributed by atoms with Gasteiger partial charge in [0, 0.05) is 59.3 Å². The minimum absolute atomic E-state index is 0.00959. The number of piperazine rings is 1. The van der Waals surface area contributed by atoms with E-state index in [-0.39, 0.29) is 12.5 Å². The number of hydrogen-bond donors (Lipinski definition) is 1. The third-order valence-corrected chi connectivity index (χ3v) is 5.07. The molecule has 27 heavy (non-hydrogen) atoms. The van der Waals surface area contributed by atoms with Gasteiger partial charge in [-0.05, 0) is 13.3 Å². The minimum Gasteiger partial charge on any atom is -0.381 e. The van der Waals surface area contributed by atoms with Gasteiger partial charge in [-0.25, -0.2) is 4.99 Å². The van der Waals surface area contributed by atoms with E-state index in [0.717, 1.165) is 13.0 Å². The molecule has 2 saturated heterocycles. The Morgan fingerprint density at radius 1 is 1.30 bits per heavy atom. The van der Waals surface area contributed by atoms with Crippen molar-refractivity contribution in [3.05, 3.63) is 0 Å². The molecular weight excluding hydrogens is 363 g/mol. The molecule has 2 rings (SSSR count). The highest BCUT2D eigenvalue weighted by Gasteiger charge is 2.41. The fourth-order valence-electron chi connectivity index (χ4n) is 3.06. The van der Waals surface area contributed by atoms with Crippen molar-refractivity contribution in [1.82, 2.24) is 20.0 Å². The first kappa shape index (κ1) is 21.7. The van der Waals surface area contributed by atoms with Gasteiger partial charge in [-0.15, -0.1) is 0 Å². The molecule has 0 bridgehead atoms. The van der Waals surface area contributed by atoms with E-state index in [0.29, 0.717) is 51.2 Å². The molecule has 0 radical (unpaired) electrons. The number of nitrogens with zero attached hydrogens (tertiary/aromatic N) is 4. The van der Waals surface area contributed by atoms with Gasteiger partial charge in [0.05, 0.1) is 6.61 Å². The minimum atomic E-state index is -4.22. The summed E-state index contributed by atoms with van der Waals surface area (Å²) in [5, 5.41) is 3.28. The van der Waals surface area contributed by atoms with Crippen molar-refractivity contribution in [2.45, 2.75) is 25.6 Å². The molecule has 156 valence electrons. The molecule has 1 N–H and O–H groups in total. The molecule has 10 heteroatoms. The molecular formula is C17H30F3N5O2. The van der Waals surface area contributed by atoms with E-state index in [1.54, 1.807) is 14.1 Å². The van der Waals surface area contributed by atoms with Crippen LogP contribution >= 0.6 is 0 Å². The second kappa shape index (κ2) is 9.59. The number of halogens is 3. The van der Waals surface area contributed by atoms with Gasteiger partial charge >= 0.3 is 6.18 Å². The van der Waals surface area contributed by atoms with E-state index in [1.807, 2.05) is 4.90 Å². The Hall–Kier alpha value is -1.55. The van der Waals surface area contributed by atoms with Gasteiger partial charge in [-0.1, -0.05) is 0 Å². The van der Waals surface area contributed by atoms with Gasteiger partial charge < -0.3 is 19.9 Å². The van der Waals surface area contributed by atoms with Crippen LogP contribution in [0.25, 0.3) is 0 Å². The first-order chi connectivity index (χ1) is 12.7. The normalized spacial score (nSPS) is 23.4. The summed E-state index contributed by atoms with van der Waals surface area (Å²) in [7, 11) is 3.33. The van der Waals surface area contributed by atoms with Crippen molar-refractivity contribution >= 4 is 11.9 Å². The summed E-state index contributed by atoms with van der Waals surface area (Å²) in [6, 6.07) is -1.46. The Morgan fingerprint density at radius 3 is 2.48 bits per heavy atom. The van der Waals surface area contributed by atoms with Crippen molar-refractivity contribution in [2.24, 2.45) is 10.9 Å². The molecule has 2 atom stereocenters. The molecule has 2 aliphatic heterocycles. The Balaban J connectivity index is 1.96. The van der Waals surface area contributed by atoms with Crippen LogP contribution in [0.4, 0.5) is 13.2 Å². The summed E-state index contributed by atoms with van der Waals surface area (Å²) >= 11 is 0. The van der Waals surface area contributed by atoms with E-state index in [4.69, 9.17) is 4.74 Å². The average Bonchev–Trinajstić information content (AvgIpc) is 3.13. The van der Waals surface area contributed by atoms with Crippen LogP contribution in [-0.4, -0.2) is 105 Å². The van der Waals surface area contributed by atoms with Gasteiger partial charge in [0.25, 0.3) is 0 Å². The van der Waals surface area contributed by atoms with E-state index in [2.05, 4.69) is 10.3 Å². The van der Waals surface area contributed by atoms with Crippen LogP contribution < -0.4 is 5.32 Å². The lowest BCUT2D eigenvalue weighted by Gasteiger charge is -2.39. The number of carbonyl (C=O) groups excluding carboxylic acids is 1. The molecule has 0 saturated carbocycles. The van der Waals surface area contributed by atoms with Gasteiger partial charge in [0.2, 0.25) is 5.91 Å². The number of hydrogen-bond acceptors (Lipinski definition) is 4. The van der Waals surface area contributed by atoms with Gasteiger partial charge in [0.1, 0.15) is 12.6 Å². The summed E-state index contributed by atoms with van der Waals surface area (Å²) < 4.78 is 44.1. The summed E-state index contributed by atoms with van der Waals surface area (Å²) in [5.74, 6) is 0.838. The standard InChI is InChI=1S/C17H30F3N5O2/c1-13(17(18,19)20)24-5-7-25(8-6-24)16(22-11-15(26)23(2)3)21-10-14-4-9-27-12-14/h13-14H,4-12H2,1-3H3,(H,21,22). The Bertz CT molecular complexity index is 513. The summed E-state index contributed by atoms with van der Waals surface area (Å²) in [6.45, 7) is 4.78. The second-order valence-corrected chi connectivity index (χ2v) is 7.28. The van der Waals surface area contributed by atoms with Crippen molar-refractivity contribution in [2.75, 3.05) is 66.6 Å². The predicted molar refractivity (Wildman–Crippen MR) is 96.6 cm³/mol. The Kier molecular flexibility index (Phi) is 7.72. The fourth-order valence-corrected chi connectivity index (χ4v) is 3.06. The highest BCUT2D eigenvalue weighted by molar-refractivity contribution is 5.85. The maximum Gasteiger partial charge on any atom is 0.403 e. The molecule has 2 heterocycles. The Labute approximate surface area is 158 Å². The molecule has 0 aromatic heterocycles. The zero-order valence-electron chi connectivity index (χ0n) is 16.3. The number of carbonyl (C=O) groups is 1. The lowest BCUT2D eigenvalue weighted by Crippen LogP contribution is -2.57. The largest absolute Gasteiger partial charge is 0.403 e. The summed E-state index contributed by atoms with van der Waals surface area (Å²) in [6.07, 6.45) is -3.26. The summed E-state index contributed by atoms with van der Waals surface area (Å²) in [5.41, 5.74) is 0. The molecule has 0 aliphatic carbocycles. The molecule has 0 spiro atoms. The first-order valence-corrected chi connectivity index (χ1v) is 9.30. The zero-order valence-corrected chi connectivity index (χ0v) is 16.3. The van der Waals surface area contributed by atoms with E-state index in [9.17, 15) is 18.0 Å². The van der Waals surface area contributed by atoms with Crippen LogP contribution in [-0.2, 0) is 9.53 Å². The quantitative estimate of drug-likeness (QED) is 0.548. The average molecular weight is 393 g/mol. The number of rotatable bonds is 5. The maximum atomic E-state index is 12.9. The van der Waals surface area contributed by atoms with Crippen molar-refractivity contribution in [3.63, 3.8) is 0 Å². The number of likely N-dealkylation sites (N-methyl/N-ethyl adjacent to an activating group) is 1. The molecule has 0 aromatic carbocycles. The lowest BCUT2D eigenvalue weighted by atomic mass is 10.1. The number of nitrogens with one attached hydrogen (secondary N) is 1. The van der Waals surface area contributed by atoms with Crippen LogP contribution in [0, 0.1) is 5.92 Å². The summed E-state index contributed by atoms with van der Waals surface area (Å²) in [4.78, 5) is 21.1. The van der Waals surface area contributed by atoms with Crippen LogP contribution in [0.3, 0.4) is 0 Å². The topological polar surface area (TPSA) is 60.4 Å². The van der Waals surface area contributed by atoms with Crippen LogP contribution in [0.2, 0.25) is 0 Å². The van der Waals surface area contributed by atoms with Crippen LogP contribution in [0.1, 0.15) is 13.3 Å². The van der Waals surface area contributed by atoms with Crippen molar-refractivity contribution < 1.29 is 22.7 Å². The van der Waals surface area contributed by atoms with E-state index < -0.39 is 12.2 Å². The van der Waals surface area contributed by atoms with Gasteiger partial charge in [0.15, 0.2) is 5.96 Å². The first-order valence-electron chi connectivity index (χ1n) is 9.30. The van der Waals surface area contributed by atoms with Crippen molar-refractivity contribution in [3.8, 4) is 0 Å². The lowest BCUT2D eigenvalue weighted by molar-refractivity contribution is -0.181. The SMILES string of the molecule is CC(N1CCN(C(=NCC(=O)N(C)C)NCC2CCOC2)CC1)C(F)(F)F. The molecule has 2 unspecified atom stereocenters. The molecule has 7 nitrogen and oxygen atoms in total. The van der Waals surface area contributed by atoms with Gasteiger partial charge in [-0.2, -0.15) is 13.2 Å². The number of ether oxygens (including phenoxy) is 1.